The van der Waals surface area contributed by atoms with E-state index in [1.807, 2.05) is 25.1 Å². The van der Waals surface area contributed by atoms with E-state index in [1.165, 1.54) is 24.0 Å². The van der Waals surface area contributed by atoms with Gasteiger partial charge in [0.05, 0.1) is 6.04 Å². The lowest BCUT2D eigenvalue weighted by atomic mass is 10.0. The quantitative estimate of drug-likeness (QED) is 0.632. The Hall–Kier alpha value is -2.66. The maximum Gasteiger partial charge on any atom is 0.254 e. The lowest BCUT2D eigenvalue weighted by Crippen LogP contribution is -2.36. The van der Waals surface area contributed by atoms with Gasteiger partial charge in [0.25, 0.3) is 5.91 Å². The first-order valence-electron chi connectivity index (χ1n) is 13.4. The largest absolute Gasteiger partial charge is 0.349 e. The molecule has 2 amide bonds. The van der Waals surface area contributed by atoms with E-state index in [2.05, 4.69) is 52.4 Å². The number of nitrogens with one attached hydrogen (secondary N) is 1. The summed E-state index contributed by atoms with van der Waals surface area (Å²) in [6.45, 7) is 8.87. The fourth-order valence-electron chi connectivity index (χ4n) is 6.46. The second-order valence-corrected chi connectivity index (χ2v) is 11.1. The number of hydrogen-bond acceptors (Lipinski definition) is 3. The number of benzene rings is 2. The summed E-state index contributed by atoms with van der Waals surface area (Å²) in [4.78, 5) is 30.6. The Morgan fingerprint density at radius 1 is 0.943 bits per heavy atom. The van der Waals surface area contributed by atoms with E-state index in [1.54, 1.807) is 0 Å². The third-order valence-corrected chi connectivity index (χ3v) is 8.44. The molecule has 3 atom stereocenters. The van der Waals surface area contributed by atoms with Crippen LogP contribution in [-0.2, 0) is 4.79 Å². The first kappa shape index (κ1) is 24.1. The summed E-state index contributed by atoms with van der Waals surface area (Å²) in [7, 11) is 0. The molecule has 1 aliphatic carbocycles. The highest BCUT2D eigenvalue weighted by molar-refractivity contribution is 5.96. The van der Waals surface area contributed by atoms with Crippen LogP contribution < -0.4 is 5.32 Å². The van der Waals surface area contributed by atoms with Crippen molar-refractivity contribution in [3.8, 4) is 0 Å². The molecule has 2 aromatic rings. The van der Waals surface area contributed by atoms with Crippen LogP contribution in [0.25, 0.3) is 0 Å². The standard InChI is InChI=1S/C30H39N3O2/c1-21-12-13-27(22(2)16-21)30(35)33-19-25-17-32(18-26(25)20-33)15-14-28(23-8-4-3-5-9-23)31-29(34)24-10-6-7-11-24/h3-5,8-9,12-13,16,24-26,28H,6-7,10-11,14-15,17-20H2,1-2H3,(H,31,34)/t25-,26?,28?/m0/s1. The molecule has 5 rings (SSSR count). The zero-order valence-corrected chi connectivity index (χ0v) is 21.2. The average Bonchev–Trinajstić information content (AvgIpc) is 3.59. The highest BCUT2D eigenvalue weighted by Gasteiger charge is 2.41. The summed E-state index contributed by atoms with van der Waals surface area (Å²) in [5.74, 6) is 1.70. The number of rotatable bonds is 7. The Balaban J connectivity index is 1.16. The molecule has 2 aromatic carbocycles. The normalized spacial score (nSPS) is 23.4. The number of carbonyl (C=O) groups excluding carboxylic acids is 2. The molecule has 35 heavy (non-hydrogen) atoms. The van der Waals surface area contributed by atoms with Crippen molar-refractivity contribution in [2.75, 3.05) is 32.7 Å². The zero-order valence-electron chi connectivity index (χ0n) is 21.2. The van der Waals surface area contributed by atoms with E-state index in [4.69, 9.17) is 0 Å². The maximum absolute atomic E-state index is 13.1. The highest BCUT2D eigenvalue weighted by Crippen LogP contribution is 2.33. The van der Waals surface area contributed by atoms with E-state index < -0.39 is 0 Å². The molecule has 0 bridgehead atoms. The van der Waals surface area contributed by atoms with Gasteiger partial charge in [0, 0.05) is 44.2 Å². The number of hydrogen-bond donors (Lipinski definition) is 1. The molecule has 3 fully saturated rings. The van der Waals surface area contributed by atoms with Gasteiger partial charge in [0.15, 0.2) is 0 Å². The van der Waals surface area contributed by atoms with Gasteiger partial charge in [-0.1, -0.05) is 60.9 Å². The minimum Gasteiger partial charge on any atom is -0.349 e. The van der Waals surface area contributed by atoms with E-state index >= 15 is 0 Å². The number of likely N-dealkylation sites (tertiary alicyclic amines) is 2. The summed E-state index contributed by atoms with van der Waals surface area (Å²) in [6.07, 6.45) is 5.33. The molecule has 2 unspecified atom stereocenters. The van der Waals surface area contributed by atoms with Crippen LogP contribution in [0.3, 0.4) is 0 Å². The number of fused-ring (bicyclic) bond motifs is 1. The fraction of sp³-hybridized carbons (Fsp3) is 0.533. The molecule has 1 saturated carbocycles. The Morgan fingerprint density at radius 3 is 2.29 bits per heavy atom. The molecule has 2 aliphatic heterocycles. The fourth-order valence-corrected chi connectivity index (χ4v) is 6.46. The first-order chi connectivity index (χ1) is 17.0. The van der Waals surface area contributed by atoms with Gasteiger partial charge in [0.1, 0.15) is 0 Å². The van der Waals surface area contributed by atoms with Gasteiger partial charge in [-0.25, -0.2) is 0 Å². The molecule has 0 radical (unpaired) electrons. The van der Waals surface area contributed by atoms with Gasteiger partial charge < -0.3 is 15.1 Å². The van der Waals surface area contributed by atoms with Gasteiger partial charge in [-0.15, -0.1) is 0 Å². The summed E-state index contributed by atoms with van der Waals surface area (Å²) in [5, 5.41) is 3.38. The third-order valence-electron chi connectivity index (χ3n) is 8.44. The van der Waals surface area contributed by atoms with Crippen molar-refractivity contribution in [3.63, 3.8) is 0 Å². The van der Waals surface area contributed by atoms with Crippen LogP contribution in [0.2, 0.25) is 0 Å². The number of amides is 2. The van der Waals surface area contributed by atoms with Gasteiger partial charge in [-0.3, -0.25) is 9.59 Å². The lowest BCUT2D eigenvalue weighted by Gasteiger charge is -2.26. The minimum absolute atomic E-state index is 0.0623. The van der Waals surface area contributed by atoms with Crippen LogP contribution in [0, 0.1) is 31.6 Å². The molecule has 3 aliphatic rings. The maximum atomic E-state index is 13.1. The van der Waals surface area contributed by atoms with Crippen molar-refractivity contribution in [1.82, 2.24) is 15.1 Å². The summed E-state index contributed by atoms with van der Waals surface area (Å²) < 4.78 is 0. The predicted octanol–water partition coefficient (Wildman–Crippen LogP) is 4.75. The van der Waals surface area contributed by atoms with E-state index in [0.29, 0.717) is 11.8 Å². The Bertz CT molecular complexity index is 1030. The minimum atomic E-state index is 0.0623. The smallest absolute Gasteiger partial charge is 0.254 e. The monoisotopic (exact) mass is 473 g/mol. The molecular weight excluding hydrogens is 434 g/mol. The molecule has 5 nitrogen and oxygen atoms in total. The van der Waals surface area contributed by atoms with Crippen molar-refractivity contribution in [2.24, 2.45) is 17.8 Å². The Morgan fingerprint density at radius 2 is 1.63 bits per heavy atom. The van der Waals surface area contributed by atoms with Crippen LogP contribution in [0.15, 0.2) is 48.5 Å². The van der Waals surface area contributed by atoms with Gasteiger partial charge in [0.2, 0.25) is 5.91 Å². The van der Waals surface area contributed by atoms with Crippen LogP contribution in [0.4, 0.5) is 0 Å². The van der Waals surface area contributed by atoms with Gasteiger partial charge >= 0.3 is 0 Å². The van der Waals surface area contributed by atoms with Gasteiger partial charge in [-0.05, 0) is 62.1 Å². The second-order valence-electron chi connectivity index (χ2n) is 11.1. The third kappa shape index (κ3) is 5.45. The van der Waals surface area contributed by atoms with Crippen LogP contribution in [0.5, 0.6) is 0 Å². The van der Waals surface area contributed by atoms with Crippen LogP contribution >= 0.6 is 0 Å². The molecule has 186 valence electrons. The molecule has 5 heteroatoms. The summed E-state index contributed by atoms with van der Waals surface area (Å²) in [6, 6.07) is 16.6. The topological polar surface area (TPSA) is 52.7 Å². The van der Waals surface area contributed by atoms with Crippen molar-refractivity contribution >= 4 is 11.8 Å². The molecule has 0 spiro atoms. The Kier molecular flexibility index (Phi) is 7.24. The van der Waals surface area contributed by atoms with Crippen molar-refractivity contribution < 1.29 is 9.59 Å². The average molecular weight is 474 g/mol. The summed E-state index contributed by atoms with van der Waals surface area (Å²) >= 11 is 0. The van der Waals surface area contributed by atoms with E-state index in [-0.39, 0.29) is 23.8 Å². The van der Waals surface area contributed by atoms with Crippen molar-refractivity contribution in [2.45, 2.75) is 52.0 Å². The van der Waals surface area contributed by atoms with E-state index in [9.17, 15) is 9.59 Å². The highest BCUT2D eigenvalue weighted by atomic mass is 16.2. The summed E-state index contributed by atoms with van der Waals surface area (Å²) in [5.41, 5.74) is 4.31. The molecule has 2 saturated heterocycles. The second kappa shape index (κ2) is 10.5. The number of nitrogens with zero attached hydrogens (tertiary/aromatic N) is 2. The SMILES string of the molecule is Cc1ccc(C(=O)N2CC3CN(CCC(NC(=O)C4CCCC4)c4ccccc4)C[C@H]3C2)c(C)c1. The van der Waals surface area contributed by atoms with Crippen LogP contribution in [0.1, 0.15) is 65.2 Å². The Labute approximate surface area is 209 Å². The molecular formula is C30H39N3O2. The number of aryl methyl sites for hydroxylation is 2. The zero-order chi connectivity index (χ0) is 24.4. The first-order valence-corrected chi connectivity index (χ1v) is 13.4. The predicted molar refractivity (Wildman–Crippen MR) is 139 cm³/mol. The van der Waals surface area contributed by atoms with Crippen molar-refractivity contribution in [3.05, 3.63) is 70.8 Å². The molecule has 0 aromatic heterocycles. The molecule has 1 N–H and O–H groups in total. The van der Waals surface area contributed by atoms with Crippen LogP contribution in [-0.4, -0.2) is 54.3 Å². The molecule has 2 heterocycles. The van der Waals surface area contributed by atoms with Gasteiger partial charge in [-0.2, -0.15) is 0 Å². The van der Waals surface area contributed by atoms with E-state index in [0.717, 1.165) is 63.1 Å². The van der Waals surface area contributed by atoms with Crippen molar-refractivity contribution in [1.29, 1.82) is 0 Å². The number of carbonyl (C=O) groups is 2. The lowest BCUT2D eigenvalue weighted by molar-refractivity contribution is -0.125.